The molecule has 2 atom stereocenters. The van der Waals surface area contributed by atoms with Gasteiger partial charge in [-0.2, -0.15) is 0 Å². The summed E-state index contributed by atoms with van der Waals surface area (Å²) >= 11 is 0. The van der Waals surface area contributed by atoms with E-state index in [0.29, 0.717) is 6.42 Å². The van der Waals surface area contributed by atoms with E-state index in [9.17, 15) is 4.79 Å². The fourth-order valence-electron chi connectivity index (χ4n) is 2.32. The molecule has 0 spiro atoms. The number of carbonyl (C=O) groups is 1. The Labute approximate surface area is 108 Å². The second kappa shape index (κ2) is 5.98. The summed E-state index contributed by atoms with van der Waals surface area (Å²) in [4.78, 5) is 14.2. The molecule has 0 saturated carbocycles. The van der Waals surface area contributed by atoms with Crippen LogP contribution in [0.3, 0.4) is 0 Å². The van der Waals surface area contributed by atoms with Crippen molar-refractivity contribution in [1.29, 1.82) is 0 Å². The molecule has 2 rings (SSSR count). The molecule has 1 aromatic rings. The Morgan fingerprint density at radius 2 is 2.22 bits per heavy atom. The Morgan fingerprint density at radius 1 is 1.50 bits per heavy atom. The molecule has 0 bridgehead atoms. The number of hydrogen-bond donors (Lipinski definition) is 2. The summed E-state index contributed by atoms with van der Waals surface area (Å²) in [6.07, 6.45) is 1.61. The summed E-state index contributed by atoms with van der Waals surface area (Å²) in [7, 11) is 2.07. The Hall–Kier alpha value is -1.39. The predicted octanol–water partition coefficient (Wildman–Crippen LogP) is 0.377. The molecule has 1 aromatic carbocycles. The summed E-state index contributed by atoms with van der Waals surface area (Å²) in [5.41, 5.74) is 7.04. The lowest BCUT2D eigenvalue weighted by Gasteiger charge is -2.17. The van der Waals surface area contributed by atoms with E-state index < -0.39 is 6.04 Å². The fourth-order valence-corrected chi connectivity index (χ4v) is 2.32. The minimum absolute atomic E-state index is 0.0425. The maximum absolute atomic E-state index is 12.0. The van der Waals surface area contributed by atoms with E-state index in [1.165, 1.54) is 0 Å². The van der Waals surface area contributed by atoms with Gasteiger partial charge in [0.25, 0.3) is 0 Å². The van der Waals surface area contributed by atoms with Gasteiger partial charge in [-0.3, -0.25) is 4.79 Å². The fraction of sp³-hybridized carbons (Fsp3) is 0.500. The third-order valence-corrected chi connectivity index (χ3v) is 3.37. The average Bonchev–Trinajstić information content (AvgIpc) is 2.76. The van der Waals surface area contributed by atoms with Crippen LogP contribution >= 0.6 is 0 Å². The van der Waals surface area contributed by atoms with E-state index in [0.717, 1.165) is 25.1 Å². The first-order valence-corrected chi connectivity index (χ1v) is 6.43. The van der Waals surface area contributed by atoms with Crippen LogP contribution in [0.5, 0.6) is 0 Å². The van der Waals surface area contributed by atoms with Crippen LogP contribution in [0, 0.1) is 0 Å². The van der Waals surface area contributed by atoms with Crippen LogP contribution in [0.2, 0.25) is 0 Å². The Morgan fingerprint density at radius 3 is 2.83 bits per heavy atom. The van der Waals surface area contributed by atoms with Crippen LogP contribution < -0.4 is 11.1 Å². The van der Waals surface area contributed by atoms with Gasteiger partial charge in [0, 0.05) is 12.6 Å². The first-order valence-electron chi connectivity index (χ1n) is 6.43. The molecule has 1 amide bonds. The molecule has 1 aliphatic heterocycles. The molecule has 4 nitrogen and oxygen atoms in total. The topological polar surface area (TPSA) is 58.4 Å². The second-order valence-corrected chi connectivity index (χ2v) is 5.05. The number of carbonyl (C=O) groups excluding carboxylic acids is 1. The number of nitrogens with one attached hydrogen (secondary N) is 1. The van der Waals surface area contributed by atoms with Gasteiger partial charge in [-0.1, -0.05) is 30.3 Å². The minimum Gasteiger partial charge on any atom is -0.351 e. The van der Waals surface area contributed by atoms with Crippen LogP contribution in [0.25, 0.3) is 0 Å². The molecule has 0 radical (unpaired) electrons. The zero-order valence-corrected chi connectivity index (χ0v) is 10.8. The van der Waals surface area contributed by atoms with Gasteiger partial charge in [-0.05, 0) is 32.0 Å². The number of amides is 1. The van der Waals surface area contributed by atoms with Crippen LogP contribution in [0.1, 0.15) is 12.0 Å². The lowest BCUT2D eigenvalue weighted by atomic mass is 10.1. The summed E-state index contributed by atoms with van der Waals surface area (Å²) in [5, 5.41) is 3.02. The van der Waals surface area contributed by atoms with Crippen LogP contribution in [0.15, 0.2) is 30.3 Å². The monoisotopic (exact) mass is 247 g/mol. The highest BCUT2D eigenvalue weighted by Crippen LogP contribution is 2.07. The van der Waals surface area contributed by atoms with Gasteiger partial charge in [0.15, 0.2) is 0 Å². The van der Waals surface area contributed by atoms with Crippen molar-refractivity contribution in [2.24, 2.45) is 5.73 Å². The van der Waals surface area contributed by atoms with Crippen LogP contribution in [-0.4, -0.2) is 43.0 Å². The molecule has 1 saturated heterocycles. The SMILES string of the molecule is CN1CCC(NC(=O)[C@H](N)Cc2ccccc2)C1. The third kappa shape index (κ3) is 3.55. The molecule has 18 heavy (non-hydrogen) atoms. The molecule has 1 fully saturated rings. The highest BCUT2D eigenvalue weighted by atomic mass is 16.2. The zero-order chi connectivity index (χ0) is 13.0. The Balaban J connectivity index is 1.82. The van der Waals surface area contributed by atoms with E-state index in [1.54, 1.807) is 0 Å². The van der Waals surface area contributed by atoms with Gasteiger partial charge < -0.3 is 16.0 Å². The molecule has 1 aliphatic rings. The van der Waals surface area contributed by atoms with Crippen molar-refractivity contribution in [2.75, 3.05) is 20.1 Å². The highest BCUT2D eigenvalue weighted by molar-refractivity contribution is 5.82. The number of benzene rings is 1. The van der Waals surface area contributed by atoms with Gasteiger partial charge in [-0.15, -0.1) is 0 Å². The highest BCUT2D eigenvalue weighted by Gasteiger charge is 2.23. The lowest BCUT2D eigenvalue weighted by molar-refractivity contribution is -0.122. The zero-order valence-electron chi connectivity index (χ0n) is 10.8. The van der Waals surface area contributed by atoms with E-state index in [-0.39, 0.29) is 11.9 Å². The van der Waals surface area contributed by atoms with Gasteiger partial charge in [0.05, 0.1) is 6.04 Å². The standard InChI is InChI=1S/C14H21N3O/c1-17-8-7-12(10-17)16-14(18)13(15)9-11-5-3-2-4-6-11/h2-6,12-13H,7-10,15H2,1H3,(H,16,18)/t12?,13-/m1/s1. The molecule has 98 valence electrons. The lowest BCUT2D eigenvalue weighted by Crippen LogP contribution is -2.47. The second-order valence-electron chi connectivity index (χ2n) is 5.05. The van der Waals surface area contributed by atoms with Crippen molar-refractivity contribution in [1.82, 2.24) is 10.2 Å². The number of nitrogens with two attached hydrogens (primary N) is 1. The molecule has 3 N–H and O–H groups in total. The van der Waals surface area contributed by atoms with Crippen molar-refractivity contribution in [3.05, 3.63) is 35.9 Å². The van der Waals surface area contributed by atoms with E-state index in [1.807, 2.05) is 30.3 Å². The van der Waals surface area contributed by atoms with Crippen molar-refractivity contribution >= 4 is 5.91 Å². The number of likely N-dealkylation sites (tertiary alicyclic amines) is 1. The van der Waals surface area contributed by atoms with Crippen LogP contribution in [0.4, 0.5) is 0 Å². The number of rotatable bonds is 4. The average molecular weight is 247 g/mol. The van der Waals surface area contributed by atoms with E-state index in [2.05, 4.69) is 17.3 Å². The summed E-state index contributed by atoms with van der Waals surface area (Å²) in [6.45, 7) is 1.96. The van der Waals surface area contributed by atoms with E-state index in [4.69, 9.17) is 5.73 Å². The van der Waals surface area contributed by atoms with Gasteiger partial charge >= 0.3 is 0 Å². The quantitative estimate of drug-likeness (QED) is 0.808. The molecule has 1 unspecified atom stereocenters. The number of likely N-dealkylation sites (N-methyl/N-ethyl adjacent to an activating group) is 1. The smallest absolute Gasteiger partial charge is 0.237 e. The molecule has 1 heterocycles. The van der Waals surface area contributed by atoms with Crippen molar-refractivity contribution in [3.63, 3.8) is 0 Å². The molecule has 4 heteroatoms. The number of nitrogens with zero attached hydrogens (tertiary/aromatic N) is 1. The molecular weight excluding hydrogens is 226 g/mol. The predicted molar refractivity (Wildman–Crippen MR) is 72.2 cm³/mol. The van der Waals surface area contributed by atoms with Gasteiger partial charge in [0.2, 0.25) is 5.91 Å². The van der Waals surface area contributed by atoms with Crippen molar-refractivity contribution in [3.8, 4) is 0 Å². The first kappa shape index (κ1) is 13.1. The molecule has 0 aliphatic carbocycles. The van der Waals surface area contributed by atoms with Crippen molar-refractivity contribution in [2.45, 2.75) is 24.9 Å². The number of hydrogen-bond acceptors (Lipinski definition) is 3. The van der Waals surface area contributed by atoms with Gasteiger partial charge in [0.1, 0.15) is 0 Å². The summed E-state index contributed by atoms with van der Waals surface area (Å²) in [6, 6.07) is 9.68. The Bertz CT molecular complexity index is 393. The van der Waals surface area contributed by atoms with Crippen molar-refractivity contribution < 1.29 is 4.79 Å². The normalized spacial score (nSPS) is 21.8. The Kier molecular flexibility index (Phi) is 4.33. The maximum atomic E-state index is 12.0. The molecule has 0 aromatic heterocycles. The first-order chi connectivity index (χ1) is 8.65. The summed E-state index contributed by atoms with van der Waals surface area (Å²) < 4.78 is 0. The summed E-state index contributed by atoms with van der Waals surface area (Å²) in [5.74, 6) is -0.0425. The van der Waals surface area contributed by atoms with Crippen LogP contribution in [-0.2, 0) is 11.2 Å². The third-order valence-electron chi connectivity index (χ3n) is 3.37. The maximum Gasteiger partial charge on any atom is 0.237 e. The minimum atomic E-state index is -0.460. The van der Waals surface area contributed by atoms with E-state index >= 15 is 0 Å². The largest absolute Gasteiger partial charge is 0.351 e. The van der Waals surface area contributed by atoms with Gasteiger partial charge in [-0.25, -0.2) is 0 Å². The molecular formula is C14H21N3O.